The average Bonchev–Trinajstić information content (AvgIpc) is 2.72. The van der Waals surface area contributed by atoms with Crippen LogP contribution in [-0.2, 0) is 24.8 Å². The van der Waals surface area contributed by atoms with Crippen molar-refractivity contribution in [2.24, 2.45) is 7.05 Å². The van der Waals surface area contributed by atoms with E-state index in [0.29, 0.717) is 24.5 Å². The van der Waals surface area contributed by atoms with Gasteiger partial charge in [-0.2, -0.15) is 0 Å². The lowest BCUT2D eigenvalue weighted by Crippen LogP contribution is -2.42. The smallest absolute Gasteiger partial charge is 0.332 e. The molecule has 2 aromatic heterocycles. The van der Waals surface area contributed by atoms with E-state index < -0.39 is 23.7 Å². The molecule has 31 heavy (non-hydrogen) atoms. The number of aryl methyl sites for hydroxylation is 5. The van der Waals surface area contributed by atoms with Gasteiger partial charge in [0, 0.05) is 24.5 Å². The molecule has 8 nitrogen and oxygen atoms in total. The molecule has 1 amide bonds. The van der Waals surface area contributed by atoms with Gasteiger partial charge >= 0.3 is 5.69 Å². The first kappa shape index (κ1) is 22.3. The van der Waals surface area contributed by atoms with Crippen molar-refractivity contribution < 1.29 is 9.53 Å². The topological polar surface area (TPSA) is 95.2 Å². The first-order chi connectivity index (χ1) is 14.7. The summed E-state index contributed by atoms with van der Waals surface area (Å²) in [4.78, 5) is 43.2. The Morgan fingerprint density at radius 3 is 2.35 bits per heavy atom. The van der Waals surface area contributed by atoms with E-state index in [4.69, 9.17) is 4.74 Å². The largest absolute Gasteiger partial charge is 0.493 e. The molecule has 0 saturated heterocycles. The van der Waals surface area contributed by atoms with Crippen molar-refractivity contribution in [3.05, 3.63) is 61.4 Å². The fourth-order valence-corrected chi connectivity index (χ4v) is 3.87. The number of hydrogen-bond donors (Lipinski definition) is 1. The molecule has 0 aliphatic rings. The van der Waals surface area contributed by atoms with Crippen molar-refractivity contribution >= 4 is 22.6 Å². The van der Waals surface area contributed by atoms with Gasteiger partial charge in [-0.3, -0.25) is 14.2 Å². The highest BCUT2D eigenvalue weighted by atomic mass is 16.5. The molecule has 0 atom stereocenters. The van der Waals surface area contributed by atoms with Crippen LogP contribution in [0.3, 0.4) is 0 Å². The lowest BCUT2D eigenvalue weighted by atomic mass is 10.1. The van der Waals surface area contributed by atoms with Gasteiger partial charge < -0.3 is 10.1 Å². The molecular formula is C23H28N4O4. The second-order valence-electron chi connectivity index (χ2n) is 7.65. The minimum atomic E-state index is -0.607. The van der Waals surface area contributed by atoms with Gasteiger partial charge in [0.15, 0.2) is 5.65 Å². The van der Waals surface area contributed by atoms with E-state index in [1.54, 1.807) is 6.20 Å². The summed E-state index contributed by atoms with van der Waals surface area (Å²) in [6.07, 6.45) is 2.24. The molecule has 164 valence electrons. The van der Waals surface area contributed by atoms with Crippen LogP contribution in [0.2, 0.25) is 0 Å². The number of aromatic nitrogens is 3. The van der Waals surface area contributed by atoms with Gasteiger partial charge in [0.2, 0.25) is 5.91 Å². The van der Waals surface area contributed by atoms with E-state index in [0.717, 1.165) is 26.8 Å². The third-order valence-electron chi connectivity index (χ3n) is 5.29. The highest BCUT2D eigenvalue weighted by molar-refractivity contribution is 5.92. The first-order valence-electron chi connectivity index (χ1n) is 10.3. The second-order valence-corrected chi connectivity index (χ2v) is 7.65. The first-order valence-corrected chi connectivity index (χ1v) is 10.3. The van der Waals surface area contributed by atoms with Crippen LogP contribution in [-0.4, -0.2) is 26.6 Å². The molecule has 0 unspecified atom stereocenters. The van der Waals surface area contributed by atoms with E-state index in [1.165, 1.54) is 11.6 Å². The number of nitrogens with zero attached hydrogens (tertiary/aromatic N) is 3. The van der Waals surface area contributed by atoms with Gasteiger partial charge in [-0.25, -0.2) is 14.3 Å². The number of ether oxygens (including phenoxy) is 1. The molecule has 1 N–H and O–H groups in total. The molecule has 3 rings (SSSR count). The summed E-state index contributed by atoms with van der Waals surface area (Å²) in [5.74, 6) is -0.0406. The number of benzene rings is 1. The lowest BCUT2D eigenvalue weighted by molar-refractivity contribution is -0.116. The van der Waals surface area contributed by atoms with Crippen LogP contribution in [0.5, 0.6) is 5.75 Å². The number of carbonyl (C=O) groups is 1. The highest BCUT2D eigenvalue weighted by Crippen LogP contribution is 2.26. The zero-order valence-corrected chi connectivity index (χ0v) is 18.8. The summed E-state index contributed by atoms with van der Waals surface area (Å²) in [7, 11) is 1.53. The van der Waals surface area contributed by atoms with Crippen LogP contribution in [0.15, 0.2) is 27.9 Å². The Morgan fingerprint density at radius 1 is 1.13 bits per heavy atom. The standard InChI is InChI=1S/C23H28N4O4/c1-7-16-11-24-21-18(20(16)31-8-2)22(29)27(23(30)26(21)6)12-17(28)25-19-14(4)9-13(3)10-15(19)5/h9-11H,7-8,12H2,1-6H3,(H,25,28). The molecule has 8 heteroatoms. The van der Waals surface area contributed by atoms with Gasteiger partial charge in [-0.05, 0) is 45.2 Å². The molecule has 0 saturated carbocycles. The molecule has 0 aliphatic carbocycles. The zero-order valence-electron chi connectivity index (χ0n) is 18.8. The lowest BCUT2D eigenvalue weighted by Gasteiger charge is -2.16. The third-order valence-corrected chi connectivity index (χ3v) is 5.29. The third kappa shape index (κ3) is 4.10. The van der Waals surface area contributed by atoms with Crippen LogP contribution >= 0.6 is 0 Å². The quantitative estimate of drug-likeness (QED) is 0.656. The van der Waals surface area contributed by atoms with Crippen LogP contribution in [0, 0.1) is 20.8 Å². The van der Waals surface area contributed by atoms with E-state index >= 15 is 0 Å². The number of carbonyl (C=O) groups excluding carboxylic acids is 1. The number of pyridine rings is 1. The van der Waals surface area contributed by atoms with E-state index in [9.17, 15) is 14.4 Å². The number of anilines is 1. The molecule has 1 aromatic carbocycles. The Kier molecular flexibility index (Phi) is 6.29. The predicted octanol–water partition coefficient (Wildman–Crippen LogP) is 2.62. The summed E-state index contributed by atoms with van der Waals surface area (Å²) in [5.41, 5.74) is 3.42. The van der Waals surface area contributed by atoms with Crippen molar-refractivity contribution in [1.29, 1.82) is 0 Å². The molecule has 2 heterocycles. The fraction of sp³-hybridized carbons (Fsp3) is 0.391. The van der Waals surface area contributed by atoms with Gasteiger partial charge in [0.1, 0.15) is 17.7 Å². The Morgan fingerprint density at radius 2 is 1.77 bits per heavy atom. The van der Waals surface area contributed by atoms with Crippen molar-refractivity contribution in [3.63, 3.8) is 0 Å². The number of nitrogens with one attached hydrogen (secondary N) is 1. The number of fused-ring (bicyclic) bond motifs is 1. The number of hydrogen-bond acceptors (Lipinski definition) is 5. The van der Waals surface area contributed by atoms with Gasteiger partial charge in [-0.1, -0.05) is 24.6 Å². The van der Waals surface area contributed by atoms with Crippen LogP contribution in [0.25, 0.3) is 11.0 Å². The Labute approximate surface area is 180 Å². The van der Waals surface area contributed by atoms with Gasteiger partial charge in [0.05, 0.1) is 6.61 Å². The number of rotatable bonds is 6. The maximum atomic E-state index is 13.3. The maximum Gasteiger partial charge on any atom is 0.332 e. The fourth-order valence-electron chi connectivity index (χ4n) is 3.87. The summed E-state index contributed by atoms with van der Waals surface area (Å²) < 4.78 is 7.95. The summed E-state index contributed by atoms with van der Waals surface area (Å²) in [6.45, 7) is 9.51. The van der Waals surface area contributed by atoms with E-state index in [2.05, 4.69) is 10.3 Å². The molecule has 0 radical (unpaired) electrons. The Hall–Kier alpha value is -3.42. The van der Waals surface area contributed by atoms with E-state index in [1.807, 2.05) is 46.8 Å². The van der Waals surface area contributed by atoms with Crippen molar-refractivity contribution in [3.8, 4) is 5.75 Å². The molecule has 0 spiro atoms. The SMILES string of the molecule is CCOc1c(CC)cnc2c1c(=O)n(CC(=O)Nc1c(C)cc(C)cc1C)c(=O)n2C. The molecule has 0 fully saturated rings. The summed E-state index contributed by atoms with van der Waals surface area (Å²) >= 11 is 0. The zero-order chi connectivity index (χ0) is 22.9. The van der Waals surface area contributed by atoms with E-state index in [-0.39, 0.29) is 11.0 Å². The van der Waals surface area contributed by atoms with Crippen LogP contribution in [0.1, 0.15) is 36.1 Å². The average molecular weight is 425 g/mol. The molecule has 3 aromatic rings. The molecular weight excluding hydrogens is 396 g/mol. The number of amides is 1. The van der Waals surface area contributed by atoms with Crippen LogP contribution in [0.4, 0.5) is 5.69 Å². The van der Waals surface area contributed by atoms with Crippen LogP contribution < -0.4 is 21.3 Å². The second kappa shape index (κ2) is 8.75. The summed E-state index contributed by atoms with van der Waals surface area (Å²) in [6, 6.07) is 3.94. The monoisotopic (exact) mass is 424 g/mol. The van der Waals surface area contributed by atoms with Crippen molar-refractivity contribution in [2.75, 3.05) is 11.9 Å². The van der Waals surface area contributed by atoms with Gasteiger partial charge in [-0.15, -0.1) is 0 Å². The minimum Gasteiger partial charge on any atom is -0.493 e. The summed E-state index contributed by atoms with van der Waals surface area (Å²) in [5, 5.41) is 3.05. The molecule has 0 bridgehead atoms. The minimum absolute atomic E-state index is 0.207. The molecule has 0 aliphatic heterocycles. The van der Waals surface area contributed by atoms with Crippen molar-refractivity contribution in [1.82, 2.24) is 14.1 Å². The Bertz CT molecular complexity index is 1260. The van der Waals surface area contributed by atoms with Gasteiger partial charge in [0.25, 0.3) is 5.56 Å². The van der Waals surface area contributed by atoms with Crippen molar-refractivity contribution in [2.45, 2.75) is 47.6 Å². The predicted molar refractivity (Wildman–Crippen MR) is 121 cm³/mol. The Balaban J connectivity index is 2.10. The maximum absolute atomic E-state index is 13.3. The normalized spacial score (nSPS) is 11.0. The highest BCUT2D eigenvalue weighted by Gasteiger charge is 2.20.